The highest BCUT2D eigenvalue weighted by atomic mass is 32.2. The van der Waals surface area contributed by atoms with Crippen LogP contribution in [0.5, 0.6) is 0 Å². The summed E-state index contributed by atoms with van der Waals surface area (Å²) in [7, 11) is -4.13. The molecule has 2 heterocycles. The second-order valence-corrected chi connectivity index (χ2v) is 10.2. The molecule has 0 aliphatic carbocycles. The third-order valence-corrected chi connectivity index (χ3v) is 7.68. The van der Waals surface area contributed by atoms with Gasteiger partial charge in [-0.1, -0.05) is 17.7 Å². The van der Waals surface area contributed by atoms with E-state index in [9.17, 15) is 23.1 Å². The summed E-state index contributed by atoms with van der Waals surface area (Å²) in [6.07, 6.45) is 0.258. The van der Waals surface area contributed by atoms with Crippen molar-refractivity contribution in [3.63, 3.8) is 0 Å². The number of β-lactam (4-membered cyclic amide) rings is 1. The Kier molecular flexibility index (Phi) is 4.17. The molecule has 1 aromatic rings. The number of carbonyl (C=O) groups is 2. The van der Waals surface area contributed by atoms with E-state index in [2.05, 4.69) is 0 Å². The van der Waals surface area contributed by atoms with E-state index in [0.29, 0.717) is 0 Å². The number of carboxylic acid groups (broad SMARTS) is 1. The molecular weight excluding hydrogens is 366 g/mol. The summed E-state index contributed by atoms with van der Waals surface area (Å²) in [5.41, 5.74) is -0.835. The quantitative estimate of drug-likeness (QED) is 0.607. The van der Waals surface area contributed by atoms with Gasteiger partial charge in [0.05, 0.1) is 16.7 Å². The molecule has 9 heteroatoms. The molecule has 2 aliphatic rings. The molecule has 0 spiro atoms. The van der Waals surface area contributed by atoms with Crippen LogP contribution >= 0.6 is 11.8 Å². The van der Waals surface area contributed by atoms with Gasteiger partial charge < -0.3 is 10.0 Å². The molecule has 0 unspecified atom stereocenters. The van der Waals surface area contributed by atoms with E-state index >= 15 is 0 Å². The number of rotatable bonds is 5. The number of nitrogens with zero attached hydrogens (tertiary/aromatic N) is 1. The van der Waals surface area contributed by atoms with E-state index in [1.54, 1.807) is 26.0 Å². The molecule has 1 aromatic carbocycles. The highest BCUT2D eigenvalue weighted by molar-refractivity contribution is 8.01. The van der Waals surface area contributed by atoms with Crippen molar-refractivity contribution < 1.29 is 27.3 Å². The summed E-state index contributed by atoms with van der Waals surface area (Å²) in [5, 5.41) is 9.60. The summed E-state index contributed by atoms with van der Waals surface area (Å²) in [4.78, 5) is 25.3. The number of amides is 1. The smallest absolute Gasteiger partial charge is 0.333 e. The number of hydrogen-bond acceptors (Lipinski definition) is 6. The molecule has 2 atom stereocenters. The molecule has 3 rings (SSSR count). The second-order valence-electron chi connectivity index (χ2n) is 6.75. The van der Waals surface area contributed by atoms with Crippen LogP contribution in [-0.4, -0.2) is 52.6 Å². The number of thioether (sulfide) groups is 1. The molecular formula is C16H19NO6S2. The Bertz CT molecular complexity index is 833. The first kappa shape index (κ1) is 18.2. The van der Waals surface area contributed by atoms with Crippen LogP contribution in [0.4, 0.5) is 0 Å². The van der Waals surface area contributed by atoms with Crippen LogP contribution in [0.1, 0.15) is 25.8 Å². The van der Waals surface area contributed by atoms with E-state index in [0.717, 1.165) is 5.56 Å². The van der Waals surface area contributed by atoms with Gasteiger partial charge in [0.1, 0.15) is 6.61 Å². The van der Waals surface area contributed by atoms with Crippen LogP contribution in [0.25, 0.3) is 0 Å². The molecule has 2 fully saturated rings. The molecule has 0 saturated carbocycles. The lowest BCUT2D eigenvalue weighted by Crippen LogP contribution is -2.69. The van der Waals surface area contributed by atoms with Crippen molar-refractivity contribution in [2.24, 2.45) is 0 Å². The lowest BCUT2D eigenvalue weighted by Gasteiger charge is -2.45. The maximum absolute atomic E-state index is 12.4. The number of carbonyl (C=O) groups excluding carboxylic acids is 1. The van der Waals surface area contributed by atoms with Crippen molar-refractivity contribution in [3.8, 4) is 0 Å². The lowest BCUT2D eigenvalue weighted by atomic mass is 9.82. The molecule has 2 saturated heterocycles. The number of aliphatic carboxylic acids is 1. The molecule has 1 amide bonds. The van der Waals surface area contributed by atoms with E-state index < -0.39 is 33.0 Å². The summed E-state index contributed by atoms with van der Waals surface area (Å²) >= 11 is 1.35. The van der Waals surface area contributed by atoms with Gasteiger partial charge in [0.15, 0.2) is 5.54 Å². The Morgan fingerprint density at radius 2 is 1.96 bits per heavy atom. The fourth-order valence-corrected chi connectivity index (χ4v) is 5.95. The van der Waals surface area contributed by atoms with Crippen molar-refractivity contribution in [2.75, 3.05) is 6.61 Å². The van der Waals surface area contributed by atoms with Gasteiger partial charge in [-0.15, -0.1) is 11.8 Å². The van der Waals surface area contributed by atoms with Crippen LogP contribution in [0, 0.1) is 6.92 Å². The molecule has 0 aromatic heterocycles. The van der Waals surface area contributed by atoms with Crippen LogP contribution in [-0.2, 0) is 23.9 Å². The maximum Gasteiger partial charge on any atom is 0.333 e. The van der Waals surface area contributed by atoms with Crippen molar-refractivity contribution >= 4 is 33.8 Å². The minimum absolute atomic E-state index is 0.0476. The fraction of sp³-hybridized carbons (Fsp3) is 0.500. The summed E-state index contributed by atoms with van der Waals surface area (Å²) < 4.78 is 29.1. The number of fused-ring (bicyclic) bond motifs is 1. The highest BCUT2D eigenvalue weighted by Gasteiger charge is 2.69. The van der Waals surface area contributed by atoms with Gasteiger partial charge in [0, 0.05) is 4.75 Å². The van der Waals surface area contributed by atoms with Crippen LogP contribution in [0.3, 0.4) is 0 Å². The lowest BCUT2D eigenvalue weighted by molar-refractivity contribution is -0.170. The summed E-state index contributed by atoms with van der Waals surface area (Å²) in [6.45, 7) is 4.59. The number of hydrogen-bond donors (Lipinski definition) is 1. The van der Waals surface area contributed by atoms with E-state index in [-0.39, 0.29) is 22.6 Å². The van der Waals surface area contributed by atoms with Gasteiger partial charge in [-0.3, -0.25) is 8.98 Å². The van der Waals surface area contributed by atoms with Crippen molar-refractivity contribution in [1.82, 2.24) is 4.90 Å². The molecule has 0 radical (unpaired) electrons. The minimum Gasteiger partial charge on any atom is -0.479 e. The van der Waals surface area contributed by atoms with Gasteiger partial charge >= 0.3 is 5.97 Å². The highest BCUT2D eigenvalue weighted by Crippen LogP contribution is 2.57. The summed E-state index contributed by atoms with van der Waals surface area (Å²) in [6, 6.07) is 6.08. The predicted molar refractivity (Wildman–Crippen MR) is 91.6 cm³/mol. The topological polar surface area (TPSA) is 101 Å². The first-order valence-electron chi connectivity index (χ1n) is 7.71. The van der Waals surface area contributed by atoms with E-state index in [4.69, 9.17) is 4.18 Å². The number of benzene rings is 1. The summed E-state index contributed by atoms with van der Waals surface area (Å²) in [5.74, 6) is -1.57. The zero-order valence-electron chi connectivity index (χ0n) is 14.1. The van der Waals surface area contributed by atoms with Crippen LogP contribution in [0.2, 0.25) is 0 Å². The maximum atomic E-state index is 12.4. The average Bonchev–Trinajstić information content (AvgIpc) is 2.69. The molecule has 0 bridgehead atoms. The molecule has 2 aliphatic heterocycles. The van der Waals surface area contributed by atoms with Crippen molar-refractivity contribution in [3.05, 3.63) is 29.8 Å². The number of aryl methyl sites for hydroxylation is 1. The second kappa shape index (κ2) is 5.72. The normalized spacial score (nSPS) is 27.7. The molecule has 7 nitrogen and oxygen atoms in total. The Labute approximate surface area is 150 Å². The average molecular weight is 385 g/mol. The minimum atomic E-state index is -4.13. The first-order valence-corrected chi connectivity index (χ1v) is 9.99. The monoisotopic (exact) mass is 385 g/mol. The SMILES string of the molecule is Cc1ccc(S(=O)(=O)OC[C@@]2(C(=O)O)N3C(=O)C[C@H]3SC2(C)C)cc1. The molecule has 136 valence electrons. The van der Waals surface area contributed by atoms with Crippen LogP contribution < -0.4 is 0 Å². The van der Waals surface area contributed by atoms with E-state index in [1.807, 2.05) is 6.92 Å². The largest absolute Gasteiger partial charge is 0.479 e. The third-order valence-electron chi connectivity index (χ3n) is 4.83. The zero-order chi connectivity index (χ0) is 18.6. The zero-order valence-corrected chi connectivity index (χ0v) is 15.7. The standard InChI is InChI=1S/C16H19NO6S2/c1-10-4-6-11(7-5-10)25(21,22)23-9-16(14(19)20)15(2,3)24-13-8-12(18)17(13)16/h4-7,13H,8-9H2,1-3H3,(H,19,20)/t13-,16+/m1/s1. The Balaban J connectivity index is 1.92. The van der Waals surface area contributed by atoms with Crippen molar-refractivity contribution in [2.45, 2.75) is 47.7 Å². The Hall–Kier alpha value is -1.58. The van der Waals surface area contributed by atoms with Gasteiger partial charge in [-0.25, -0.2) is 4.79 Å². The molecule has 1 N–H and O–H groups in total. The molecule has 25 heavy (non-hydrogen) atoms. The predicted octanol–water partition coefficient (Wildman–Crippen LogP) is 1.61. The number of carboxylic acids is 1. The van der Waals surface area contributed by atoms with Gasteiger partial charge in [-0.05, 0) is 32.9 Å². The van der Waals surface area contributed by atoms with Crippen molar-refractivity contribution in [1.29, 1.82) is 0 Å². The van der Waals surface area contributed by atoms with E-state index in [1.165, 1.54) is 28.8 Å². The Morgan fingerprint density at radius 3 is 2.48 bits per heavy atom. The third kappa shape index (κ3) is 2.65. The first-order chi connectivity index (χ1) is 11.5. The van der Waals surface area contributed by atoms with Gasteiger partial charge in [0.25, 0.3) is 10.1 Å². The van der Waals surface area contributed by atoms with Gasteiger partial charge in [0.2, 0.25) is 5.91 Å². The van der Waals surface area contributed by atoms with Gasteiger partial charge in [-0.2, -0.15) is 8.42 Å². The fourth-order valence-electron chi connectivity index (χ4n) is 3.27. The van der Waals surface area contributed by atoms with Crippen LogP contribution in [0.15, 0.2) is 29.2 Å². The Morgan fingerprint density at radius 1 is 1.36 bits per heavy atom.